The van der Waals surface area contributed by atoms with Crippen molar-refractivity contribution < 1.29 is 8.42 Å². The van der Waals surface area contributed by atoms with Crippen LogP contribution in [0.1, 0.15) is 12.8 Å². The molecular weight excluding hydrogens is 803 g/mol. The molecule has 0 aromatic rings. The van der Waals surface area contributed by atoms with Crippen molar-refractivity contribution in [2.45, 2.75) is 57.3 Å². The molecule has 0 aliphatic heterocycles. The standard InChI is InChI=1S/C12H8Cl16N2O2S/c13-3(14)1-5(17,9(23,24)11(27,29)7(3,19)20)33(31,32)6(18)2-4(15,16)8(21,22)12(28,30)10(6,25)26/h1-2,29-30H2. The zero-order chi connectivity index (χ0) is 26.9. The topological polar surface area (TPSA) is 86.2 Å². The van der Waals surface area contributed by atoms with E-state index in [-0.39, 0.29) is 0 Å². The van der Waals surface area contributed by atoms with Crippen molar-refractivity contribution in [1.82, 2.24) is 0 Å². The Kier molecular flexibility index (Phi) is 8.95. The van der Waals surface area contributed by atoms with Gasteiger partial charge in [0.25, 0.3) is 0 Å². The van der Waals surface area contributed by atoms with Crippen LogP contribution in [0.15, 0.2) is 0 Å². The third kappa shape index (κ3) is 3.83. The summed E-state index contributed by atoms with van der Waals surface area (Å²) in [4.78, 5) is -5.73. The number of alkyl halides is 16. The van der Waals surface area contributed by atoms with Crippen LogP contribution in [0, 0.1) is 0 Å². The third-order valence-corrected chi connectivity index (χ3v) is 20.2. The van der Waals surface area contributed by atoms with Crippen LogP contribution in [0.25, 0.3) is 0 Å². The van der Waals surface area contributed by atoms with Crippen LogP contribution in [0.2, 0.25) is 0 Å². The van der Waals surface area contributed by atoms with Crippen molar-refractivity contribution in [3.8, 4) is 0 Å². The van der Waals surface area contributed by atoms with Crippen LogP contribution >= 0.6 is 186 Å². The minimum atomic E-state index is -5.48. The smallest absolute Gasteiger partial charge is 0.195 e. The second-order valence-corrected chi connectivity index (χ2v) is 21.1. The average molecular weight is 812 g/mol. The number of nitrogens with two attached hydrogens (primary N) is 2. The van der Waals surface area contributed by atoms with Gasteiger partial charge in [-0.15, -0.1) is 0 Å². The first kappa shape index (κ1) is 33.7. The average Bonchev–Trinajstić information content (AvgIpc) is 2.57. The number of halogens is 16. The van der Waals surface area contributed by atoms with Gasteiger partial charge in [0.05, 0.1) is 0 Å². The maximum absolute atomic E-state index is 14.2. The van der Waals surface area contributed by atoms with E-state index >= 15 is 0 Å². The molecule has 2 rings (SSSR count). The maximum atomic E-state index is 14.2. The summed E-state index contributed by atoms with van der Waals surface area (Å²) >= 11 is 100. The van der Waals surface area contributed by atoms with Gasteiger partial charge < -0.3 is 11.5 Å². The first-order valence-corrected chi connectivity index (χ1v) is 15.3. The fraction of sp³-hybridized carbons (Fsp3) is 1.00. The van der Waals surface area contributed by atoms with Crippen molar-refractivity contribution in [3.63, 3.8) is 0 Å². The summed E-state index contributed by atoms with van der Waals surface area (Å²) in [7, 11) is -5.48. The van der Waals surface area contributed by atoms with Crippen molar-refractivity contribution in [1.29, 1.82) is 0 Å². The predicted molar refractivity (Wildman–Crippen MR) is 147 cm³/mol. The molecule has 0 aromatic heterocycles. The Balaban J connectivity index is 2.95. The second-order valence-electron chi connectivity index (χ2n) is 7.44. The lowest BCUT2D eigenvalue weighted by Crippen LogP contribution is -2.83. The molecule has 0 radical (unpaired) electrons. The molecule has 4 unspecified atom stereocenters. The number of hydrogen-bond donors (Lipinski definition) is 2. The molecule has 0 heterocycles. The van der Waals surface area contributed by atoms with E-state index in [2.05, 4.69) is 0 Å². The first-order valence-electron chi connectivity index (χ1n) is 7.76. The summed E-state index contributed by atoms with van der Waals surface area (Å²) in [6.07, 6.45) is -2.30. The summed E-state index contributed by atoms with van der Waals surface area (Å²) in [6, 6.07) is 0. The molecule has 4 nitrogen and oxygen atoms in total. The molecule has 0 aromatic carbocycles. The van der Waals surface area contributed by atoms with Gasteiger partial charge in [-0.05, 0) is 0 Å². The molecule has 0 bridgehead atoms. The summed E-state index contributed by atoms with van der Waals surface area (Å²) < 4.78 is 5.71. The lowest BCUT2D eigenvalue weighted by atomic mass is 9.90. The first-order chi connectivity index (χ1) is 13.9. The van der Waals surface area contributed by atoms with Crippen molar-refractivity contribution >= 4 is 195 Å². The fourth-order valence-corrected chi connectivity index (χ4v) is 13.5. The van der Waals surface area contributed by atoms with E-state index in [0.717, 1.165) is 0 Å². The number of hydrogen-bond acceptors (Lipinski definition) is 4. The Bertz CT molecular complexity index is 893. The zero-order valence-corrected chi connectivity index (χ0v) is 27.8. The van der Waals surface area contributed by atoms with Crippen LogP contribution in [-0.2, 0) is 9.84 Å². The van der Waals surface area contributed by atoms with E-state index in [4.69, 9.17) is 197 Å². The summed E-state index contributed by atoms with van der Waals surface area (Å²) in [5.41, 5.74) is 11.9. The monoisotopic (exact) mass is 804 g/mol. The van der Waals surface area contributed by atoms with Crippen molar-refractivity contribution in [2.24, 2.45) is 11.5 Å². The Labute approximate surface area is 269 Å². The van der Waals surface area contributed by atoms with Gasteiger partial charge in [0.15, 0.2) is 54.2 Å². The Morgan fingerprint density at radius 1 is 0.455 bits per heavy atom. The van der Waals surface area contributed by atoms with Crippen LogP contribution in [0.3, 0.4) is 0 Å². The molecule has 0 spiro atoms. The largest absolute Gasteiger partial charge is 0.308 e. The van der Waals surface area contributed by atoms with Gasteiger partial charge in [-0.2, -0.15) is 0 Å². The lowest BCUT2D eigenvalue weighted by molar-refractivity contribution is 0.291. The zero-order valence-electron chi connectivity index (χ0n) is 14.8. The van der Waals surface area contributed by atoms with Gasteiger partial charge in [0.2, 0.25) is 0 Å². The van der Waals surface area contributed by atoms with E-state index in [1.165, 1.54) is 0 Å². The van der Waals surface area contributed by atoms with Crippen molar-refractivity contribution in [2.75, 3.05) is 0 Å². The number of rotatable bonds is 2. The number of sulfone groups is 1. The molecule has 33 heavy (non-hydrogen) atoms. The predicted octanol–water partition coefficient (Wildman–Crippen LogP) is 7.91. The molecule has 2 aliphatic rings. The molecule has 2 saturated carbocycles. The summed E-state index contributed by atoms with van der Waals surface area (Å²) in [5.74, 6) is 0. The molecule has 0 saturated heterocycles. The Morgan fingerprint density at radius 2 is 0.667 bits per heavy atom. The molecule has 4 atom stereocenters. The van der Waals surface area contributed by atoms with Crippen LogP contribution in [0.4, 0.5) is 0 Å². The van der Waals surface area contributed by atoms with Crippen LogP contribution < -0.4 is 11.5 Å². The molecule has 0 amide bonds. The van der Waals surface area contributed by atoms with Gasteiger partial charge in [-0.3, -0.25) is 0 Å². The van der Waals surface area contributed by atoms with Crippen molar-refractivity contribution in [3.05, 3.63) is 0 Å². The molecule has 21 heteroatoms. The highest BCUT2D eigenvalue weighted by atomic mass is 35.6. The van der Waals surface area contributed by atoms with Gasteiger partial charge in [0.1, 0.15) is 0 Å². The molecule has 2 aliphatic carbocycles. The van der Waals surface area contributed by atoms with Gasteiger partial charge in [-0.1, -0.05) is 186 Å². The van der Waals surface area contributed by atoms with Crippen LogP contribution in [-0.4, -0.2) is 52.8 Å². The quantitative estimate of drug-likeness (QED) is 0.220. The normalized spacial score (nSPS) is 45.4. The van der Waals surface area contributed by atoms with Gasteiger partial charge in [-0.25, -0.2) is 8.42 Å². The Hall–Kier alpha value is 4.51. The minimum absolute atomic E-state index is 1.15. The third-order valence-electron chi connectivity index (χ3n) is 5.43. The molecular formula is C12H8Cl16N2O2S. The van der Waals surface area contributed by atoms with Gasteiger partial charge >= 0.3 is 0 Å². The van der Waals surface area contributed by atoms with Crippen LogP contribution in [0.5, 0.6) is 0 Å². The SMILES string of the molecule is NC1(Cl)C(Cl)(Cl)C(Cl)(Cl)CC(Cl)(S(=O)(=O)C2(Cl)CC(Cl)(Cl)C(Cl)(Cl)C(N)(Cl)C2(Cl)Cl)C1(Cl)Cl. The molecule has 4 N–H and O–H groups in total. The van der Waals surface area contributed by atoms with E-state index in [9.17, 15) is 8.42 Å². The molecule has 2 fully saturated rings. The molecule has 196 valence electrons. The van der Waals surface area contributed by atoms with E-state index in [1.807, 2.05) is 0 Å². The summed E-state index contributed by atoms with van der Waals surface area (Å²) in [5, 5.41) is 0. The minimum Gasteiger partial charge on any atom is -0.308 e. The second kappa shape index (κ2) is 8.76. The highest BCUT2D eigenvalue weighted by Gasteiger charge is 2.88. The highest BCUT2D eigenvalue weighted by molar-refractivity contribution is 7.97. The van der Waals surface area contributed by atoms with E-state index < -0.39 is 67.1 Å². The maximum Gasteiger partial charge on any atom is 0.195 e. The van der Waals surface area contributed by atoms with E-state index in [1.54, 1.807) is 0 Å². The lowest BCUT2D eigenvalue weighted by Gasteiger charge is -2.62. The highest BCUT2D eigenvalue weighted by Crippen LogP contribution is 2.75. The van der Waals surface area contributed by atoms with Gasteiger partial charge in [0, 0.05) is 12.8 Å². The Morgan fingerprint density at radius 3 is 0.879 bits per heavy atom. The fourth-order valence-electron chi connectivity index (χ4n) is 3.27. The summed E-state index contributed by atoms with van der Waals surface area (Å²) in [6.45, 7) is 0. The van der Waals surface area contributed by atoms with E-state index in [0.29, 0.717) is 0 Å².